The fourth-order valence-electron chi connectivity index (χ4n) is 17.9. The fraction of sp³-hybridized carbons (Fsp3) is 0.0566. The highest BCUT2D eigenvalue weighted by atomic mass is 15.0. The molecule has 1 fully saturated rings. The van der Waals surface area contributed by atoms with Gasteiger partial charge in [-0.1, -0.05) is 347 Å². The molecule has 0 radical (unpaired) electrons. The van der Waals surface area contributed by atoms with Gasteiger partial charge in [0.1, 0.15) is 0 Å². The third kappa shape index (κ3) is 11.6. The van der Waals surface area contributed by atoms with Crippen LogP contribution in [0.2, 0.25) is 0 Å². The van der Waals surface area contributed by atoms with Crippen LogP contribution in [0.1, 0.15) is 43.6 Å². The van der Waals surface area contributed by atoms with Crippen LogP contribution in [0.5, 0.6) is 0 Å². The van der Waals surface area contributed by atoms with Crippen LogP contribution in [0, 0.1) is 0 Å². The molecule has 516 valence electrons. The quantitative estimate of drug-likeness (QED) is 0.137. The summed E-state index contributed by atoms with van der Waals surface area (Å²) in [4.78, 5) is 0. The van der Waals surface area contributed by atoms with Gasteiger partial charge in [-0.3, -0.25) is 0 Å². The van der Waals surface area contributed by atoms with E-state index >= 15 is 0 Å². The second-order valence-electron chi connectivity index (χ2n) is 29.2. The molecule has 3 heteroatoms. The topological polar surface area (TPSA) is 14.8 Å². The van der Waals surface area contributed by atoms with Crippen molar-refractivity contribution in [3.05, 3.63) is 406 Å². The van der Waals surface area contributed by atoms with Crippen molar-refractivity contribution in [2.75, 3.05) is 0 Å². The van der Waals surface area contributed by atoms with Gasteiger partial charge in [0.25, 0.3) is 0 Å². The van der Waals surface area contributed by atoms with Crippen molar-refractivity contribution in [2.24, 2.45) is 0 Å². The standard InChI is InChI=1S/C40H27N.C34H29N.C32H21N/c1-3-11-28(12-4-1)29-19-21-30(22-20-29)31-23-25-32(26-24-31)37-27-38-35-16-9-10-18-39(35)41(33-13-5-2-6-14-33)40(38)36-17-8-7-15-34(36)37;1-3-11-24(12-4-1)25-19-21-26(22-20-25)31-23-32-29-16-9-10-18-33(29)35(27-13-5-2-6-14-27)34(32)30-17-8-7-15-28(30)31;1-2-13-23(14-3-1)33-31-20-9-8-17-27(31)30-21-29(26-16-6-7-18-28(26)32(30)33)25-19-10-12-22-11-4-5-15-24(22)25/h1-27H;2,5-10,13-24H,1,3-4,11-12H2;1-21H. The molecular weight excluding hydrogens is 1320 g/mol. The molecule has 22 rings (SSSR count). The molecule has 3 aromatic heterocycles. The van der Waals surface area contributed by atoms with Gasteiger partial charge < -0.3 is 13.7 Å². The van der Waals surface area contributed by atoms with Crippen molar-refractivity contribution < 1.29 is 0 Å². The van der Waals surface area contributed by atoms with Crippen molar-refractivity contribution in [2.45, 2.75) is 38.0 Å². The molecule has 0 saturated heterocycles. The van der Waals surface area contributed by atoms with Crippen molar-refractivity contribution in [1.82, 2.24) is 13.7 Å². The Morgan fingerprint density at radius 1 is 0.183 bits per heavy atom. The Kier molecular flexibility index (Phi) is 16.7. The minimum atomic E-state index is 0.737. The Morgan fingerprint density at radius 2 is 0.477 bits per heavy atom. The lowest BCUT2D eigenvalue weighted by molar-refractivity contribution is 0.443. The highest BCUT2D eigenvalue weighted by Gasteiger charge is 2.23. The lowest BCUT2D eigenvalue weighted by Crippen LogP contribution is -2.04. The number of hydrogen-bond donors (Lipinski definition) is 0. The number of aromatic nitrogens is 3. The van der Waals surface area contributed by atoms with Crippen LogP contribution in [0.25, 0.3) is 181 Å². The van der Waals surface area contributed by atoms with Crippen LogP contribution in [0.3, 0.4) is 0 Å². The Morgan fingerprint density at radius 3 is 0.890 bits per heavy atom. The maximum absolute atomic E-state index is 2.43. The summed E-state index contributed by atoms with van der Waals surface area (Å²) in [5.41, 5.74) is 25.2. The summed E-state index contributed by atoms with van der Waals surface area (Å²) >= 11 is 0. The Labute approximate surface area is 634 Å². The maximum Gasteiger partial charge on any atom is 0.0619 e. The summed E-state index contributed by atoms with van der Waals surface area (Å²) in [7, 11) is 0. The molecular formula is C106H77N3. The van der Waals surface area contributed by atoms with Crippen LogP contribution >= 0.6 is 0 Å². The van der Waals surface area contributed by atoms with Gasteiger partial charge in [-0.15, -0.1) is 0 Å². The molecule has 1 aliphatic rings. The molecule has 1 saturated carbocycles. The predicted molar refractivity (Wildman–Crippen MR) is 465 cm³/mol. The molecule has 0 atom stereocenters. The minimum absolute atomic E-state index is 0.737. The van der Waals surface area contributed by atoms with E-state index in [1.54, 1.807) is 0 Å². The first-order chi connectivity index (χ1) is 54.1. The van der Waals surface area contributed by atoms with E-state index in [0.717, 1.165) is 5.92 Å². The summed E-state index contributed by atoms with van der Waals surface area (Å²) in [5.74, 6) is 0.737. The second kappa shape index (κ2) is 28.0. The minimum Gasteiger partial charge on any atom is -0.309 e. The average Bonchev–Trinajstić information content (AvgIpc) is 1.59. The molecule has 0 bridgehead atoms. The molecule has 0 spiro atoms. The first-order valence-corrected chi connectivity index (χ1v) is 38.5. The van der Waals surface area contributed by atoms with Gasteiger partial charge in [0.2, 0.25) is 0 Å². The van der Waals surface area contributed by atoms with Gasteiger partial charge in [0.05, 0.1) is 33.1 Å². The van der Waals surface area contributed by atoms with E-state index in [2.05, 4.69) is 414 Å². The van der Waals surface area contributed by atoms with Crippen LogP contribution < -0.4 is 0 Å². The summed E-state index contributed by atoms with van der Waals surface area (Å²) in [6.07, 6.45) is 6.83. The molecule has 18 aromatic carbocycles. The molecule has 0 aliphatic heterocycles. The average molecular weight is 1390 g/mol. The molecule has 0 N–H and O–H groups in total. The van der Waals surface area contributed by atoms with E-state index in [-0.39, 0.29) is 0 Å². The third-order valence-corrected chi connectivity index (χ3v) is 23.0. The Bertz CT molecular complexity index is 6940. The first-order valence-electron chi connectivity index (χ1n) is 38.5. The largest absolute Gasteiger partial charge is 0.309 e. The van der Waals surface area contributed by atoms with E-state index in [1.807, 2.05) is 0 Å². The lowest BCUT2D eigenvalue weighted by atomic mass is 9.83. The fourth-order valence-corrected chi connectivity index (χ4v) is 17.9. The van der Waals surface area contributed by atoms with Crippen molar-refractivity contribution in [3.8, 4) is 72.7 Å². The van der Waals surface area contributed by atoms with Gasteiger partial charge in [0.15, 0.2) is 0 Å². The summed E-state index contributed by atoms with van der Waals surface area (Å²) in [5, 5.41) is 18.0. The highest BCUT2D eigenvalue weighted by molar-refractivity contribution is 6.25. The normalized spacial score (nSPS) is 12.6. The monoisotopic (exact) mass is 1390 g/mol. The van der Waals surface area contributed by atoms with E-state index in [4.69, 9.17) is 0 Å². The van der Waals surface area contributed by atoms with Crippen molar-refractivity contribution in [3.63, 3.8) is 0 Å². The lowest BCUT2D eigenvalue weighted by Gasteiger charge is -2.22. The Balaban J connectivity index is 0.000000108. The molecule has 21 aromatic rings. The third-order valence-electron chi connectivity index (χ3n) is 23.0. The summed E-state index contributed by atoms with van der Waals surface area (Å²) in [6.45, 7) is 0. The molecule has 0 unspecified atom stereocenters. The van der Waals surface area contributed by atoms with Crippen LogP contribution in [-0.2, 0) is 0 Å². The maximum atomic E-state index is 2.43. The molecule has 3 heterocycles. The van der Waals surface area contributed by atoms with Gasteiger partial charge >= 0.3 is 0 Å². The number of fused-ring (bicyclic) bond motifs is 16. The zero-order valence-electron chi connectivity index (χ0n) is 60.6. The smallest absolute Gasteiger partial charge is 0.0619 e. The van der Waals surface area contributed by atoms with Crippen molar-refractivity contribution in [1.29, 1.82) is 0 Å². The Hall–Kier alpha value is -13.6. The van der Waals surface area contributed by atoms with Gasteiger partial charge in [0, 0.05) is 65.5 Å². The molecule has 0 amide bonds. The number of nitrogens with zero attached hydrogens (tertiary/aromatic N) is 3. The van der Waals surface area contributed by atoms with Gasteiger partial charge in [-0.2, -0.15) is 0 Å². The predicted octanol–water partition coefficient (Wildman–Crippen LogP) is 29.3. The van der Waals surface area contributed by atoms with E-state index in [1.165, 1.54) is 219 Å². The number of para-hydroxylation sites is 6. The first kappa shape index (κ1) is 65.0. The summed E-state index contributed by atoms with van der Waals surface area (Å²) < 4.78 is 7.27. The highest BCUT2D eigenvalue weighted by Crippen LogP contribution is 2.47. The molecule has 1 aliphatic carbocycles. The van der Waals surface area contributed by atoms with Crippen molar-refractivity contribution >= 4 is 109 Å². The summed E-state index contributed by atoms with van der Waals surface area (Å²) in [6, 6.07) is 145. The van der Waals surface area contributed by atoms with Crippen LogP contribution in [0.15, 0.2) is 400 Å². The van der Waals surface area contributed by atoms with E-state index in [9.17, 15) is 0 Å². The number of hydrogen-bond acceptors (Lipinski definition) is 0. The van der Waals surface area contributed by atoms with Gasteiger partial charge in [-0.25, -0.2) is 0 Å². The second-order valence-corrected chi connectivity index (χ2v) is 29.2. The molecule has 109 heavy (non-hydrogen) atoms. The zero-order chi connectivity index (χ0) is 72.1. The SMILES string of the molecule is c1ccc(-c2ccc(-c3ccc(-c4cc5c6ccccc6n(-c6ccccc6)c5c5ccccc45)cc3)cc2)cc1.c1ccc(-n2c3ccccc3c3cc(-c4ccc(C5CCCCC5)cc4)c4ccccc4c32)cc1.c1ccc(-n2c3ccccc3c3cc(-c4cccc5ccccc45)c4ccccc4c32)cc1. The number of rotatable bonds is 9. The van der Waals surface area contributed by atoms with E-state index in [0.29, 0.717) is 0 Å². The van der Waals surface area contributed by atoms with Crippen LogP contribution in [0.4, 0.5) is 0 Å². The van der Waals surface area contributed by atoms with E-state index < -0.39 is 0 Å². The van der Waals surface area contributed by atoms with Crippen LogP contribution in [-0.4, -0.2) is 13.7 Å². The molecule has 3 nitrogen and oxygen atoms in total. The zero-order valence-corrected chi connectivity index (χ0v) is 60.6. The van der Waals surface area contributed by atoms with Gasteiger partial charge in [-0.05, 0) is 180 Å². The number of benzene rings is 18.